The molecule has 1 atom stereocenters. The van der Waals surface area contributed by atoms with Gasteiger partial charge in [0.2, 0.25) is 0 Å². The molecule has 1 heterocycles. The Morgan fingerprint density at radius 1 is 0.838 bits per heavy atom. The molecule has 0 saturated carbocycles. The van der Waals surface area contributed by atoms with Crippen molar-refractivity contribution in [3.05, 3.63) is 89.0 Å². The maximum absolute atomic E-state index is 13.5. The number of para-hydroxylation sites is 1. The molecule has 1 amide bonds. The number of anilines is 1. The number of methoxy groups -OCH3 is 4. The van der Waals surface area contributed by atoms with E-state index in [1.807, 2.05) is 0 Å². The van der Waals surface area contributed by atoms with Gasteiger partial charge in [0.1, 0.15) is 23.0 Å². The summed E-state index contributed by atoms with van der Waals surface area (Å²) < 4.78 is 21.0. The van der Waals surface area contributed by atoms with E-state index in [-0.39, 0.29) is 28.1 Å². The van der Waals surface area contributed by atoms with Gasteiger partial charge in [-0.3, -0.25) is 14.5 Å². The van der Waals surface area contributed by atoms with Gasteiger partial charge < -0.3 is 24.1 Å². The lowest BCUT2D eigenvalue weighted by Gasteiger charge is -2.27. The molecule has 1 fully saturated rings. The third-order valence-electron chi connectivity index (χ3n) is 6.09. The highest BCUT2D eigenvalue weighted by atomic mass is 16.5. The van der Waals surface area contributed by atoms with E-state index < -0.39 is 29.5 Å². The number of Topliss-reactive ketones (excluding diaryl/α,β-unsaturated/α-hetero) is 1. The number of benzene rings is 3. The lowest BCUT2D eigenvalue weighted by Crippen LogP contribution is -2.29. The van der Waals surface area contributed by atoms with Crippen LogP contribution in [0.1, 0.15) is 27.5 Å². The minimum atomic E-state index is -1.07. The van der Waals surface area contributed by atoms with Crippen molar-refractivity contribution in [1.29, 1.82) is 0 Å². The zero-order chi connectivity index (χ0) is 26.7. The zero-order valence-electron chi connectivity index (χ0n) is 20.7. The molecule has 3 aromatic rings. The summed E-state index contributed by atoms with van der Waals surface area (Å²) in [4.78, 5) is 40.3. The van der Waals surface area contributed by atoms with Gasteiger partial charge in [-0.25, -0.2) is 4.79 Å². The molecule has 1 aliphatic heterocycles. The maximum Gasteiger partial charge on any atom is 0.337 e. The van der Waals surface area contributed by atoms with Crippen LogP contribution in [0.25, 0.3) is 5.76 Å². The number of aliphatic hydroxyl groups is 1. The Kier molecular flexibility index (Phi) is 7.15. The van der Waals surface area contributed by atoms with Crippen LogP contribution in [0.2, 0.25) is 0 Å². The van der Waals surface area contributed by atoms with Crippen molar-refractivity contribution < 1.29 is 38.4 Å². The van der Waals surface area contributed by atoms with Crippen LogP contribution in [-0.2, 0) is 14.3 Å². The number of esters is 1. The second kappa shape index (κ2) is 10.4. The van der Waals surface area contributed by atoms with Crippen LogP contribution in [0.15, 0.2) is 72.3 Å². The molecule has 9 nitrogen and oxygen atoms in total. The first-order valence-electron chi connectivity index (χ1n) is 11.2. The van der Waals surface area contributed by atoms with Crippen LogP contribution in [-0.4, -0.2) is 51.2 Å². The smallest absolute Gasteiger partial charge is 0.337 e. The fourth-order valence-corrected chi connectivity index (χ4v) is 4.33. The molecule has 0 radical (unpaired) electrons. The van der Waals surface area contributed by atoms with Gasteiger partial charge in [0, 0.05) is 17.3 Å². The molecule has 0 aliphatic carbocycles. The number of hydrogen-bond acceptors (Lipinski definition) is 8. The van der Waals surface area contributed by atoms with Crippen LogP contribution in [0.5, 0.6) is 17.2 Å². The summed E-state index contributed by atoms with van der Waals surface area (Å²) in [5.74, 6) is -1.70. The SMILES string of the molecule is COC(=O)c1cccc(N2C(=O)C(=O)/C(=C(/O)c3ccc(OC)cc3OC)C2c2ccccc2OC)c1. The van der Waals surface area contributed by atoms with Crippen LogP contribution in [0.3, 0.4) is 0 Å². The highest BCUT2D eigenvalue weighted by Crippen LogP contribution is 2.46. The number of aliphatic hydroxyl groups excluding tert-OH is 1. The van der Waals surface area contributed by atoms with E-state index in [9.17, 15) is 19.5 Å². The van der Waals surface area contributed by atoms with Crippen molar-refractivity contribution in [2.75, 3.05) is 33.3 Å². The Labute approximate surface area is 213 Å². The summed E-state index contributed by atoms with van der Waals surface area (Å²) in [5, 5.41) is 11.5. The van der Waals surface area contributed by atoms with Crippen molar-refractivity contribution >= 4 is 29.1 Å². The van der Waals surface area contributed by atoms with Crippen molar-refractivity contribution in [3.8, 4) is 17.2 Å². The molecule has 4 rings (SSSR count). The molecule has 0 spiro atoms. The fourth-order valence-electron chi connectivity index (χ4n) is 4.33. The van der Waals surface area contributed by atoms with Crippen molar-refractivity contribution in [2.24, 2.45) is 0 Å². The van der Waals surface area contributed by atoms with E-state index in [2.05, 4.69) is 0 Å². The average Bonchev–Trinajstić information content (AvgIpc) is 3.21. The summed E-state index contributed by atoms with van der Waals surface area (Å²) in [5.41, 5.74) is 0.951. The molecular formula is C28H25NO8. The number of ketones is 1. The zero-order valence-corrected chi connectivity index (χ0v) is 20.7. The Bertz CT molecular complexity index is 1410. The van der Waals surface area contributed by atoms with E-state index in [1.165, 1.54) is 51.5 Å². The Hall–Kier alpha value is -4.79. The van der Waals surface area contributed by atoms with E-state index >= 15 is 0 Å². The van der Waals surface area contributed by atoms with Gasteiger partial charge in [-0.2, -0.15) is 0 Å². The Balaban J connectivity index is 2.00. The molecule has 0 aromatic heterocycles. The minimum absolute atomic E-state index is 0.165. The van der Waals surface area contributed by atoms with Gasteiger partial charge in [-0.15, -0.1) is 0 Å². The van der Waals surface area contributed by atoms with Crippen LogP contribution in [0, 0.1) is 0 Å². The lowest BCUT2D eigenvalue weighted by atomic mass is 9.94. The van der Waals surface area contributed by atoms with Crippen molar-refractivity contribution in [3.63, 3.8) is 0 Å². The number of carbonyl (C=O) groups excluding carboxylic acids is 3. The molecule has 1 aliphatic rings. The first kappa shape index (κ1) is 25.3. The van der Waals surface area contributed by atoms with Crippen LogP contribution < -0.4 is 19.1 Å². The van der Waals surface area contributed by atoms with Gasteiger partial charge in [-0.1, -0.05) is 24.3 Å². The van der Waals surface area contributed by atoms with Crippen LogP contribution in [0.4, 0.5) is 5.69 Å². The average molecular weight is 504 g/mol. The number of hydrogen-bond donors (Lipinski definition) is 1. The molecule has 0 bridgehead atoms. The first-order chi connectivity index (χ1) is 17.9. The van der Waals surface area contributed by atoms with Gasteiger partial charge >= 0.3 is 5.97 Å². The monoisotopic (exact) mass is 503 g/mol. The van der Waals surface area contributed by atoms with E-state index in [0.717, 1.165) is 0 Å². The number of ether oxygens (including phenoxy) is 4. The van der Waals surface area contributed by atoms with Gasteiger partial charge in [0.15, 0.2) is 0 Å². The highest BCUT2D eigenvalue weighted by molar-refractivity contribution is 6.51. The van der Waals surface area contributed by atoms with Gasteiger partial charge in [-0.05, 0) is 36.4 Å². The largest absolute Gasteiger partial charge is 0.507 e. The van der Waals surface area contributed by atoms with Gasteiger partial charge in [0.05, 0.1) is 51.2 Å². The number of nitrogens with zero attached hydrogens (tertiary/aromatic N) is 1. The molecule has 1 saturated heterocycles. The second-order valence-corrected chi connectivity index (χ2v) is 8.02. The molecular weight excluding hydrogens is 478 g/mol. The Morgan fingerprint density at radius 2 is 1.57 bits per heavy atom. The predicted molar refractivity (Wildman–Crippen MR) is 135 cm³/mol. The molecule has 190 valence electrons. The number of rotatable bonds is 7. The summed E-state index contributed by atoms with van der Waals surface area (Å²) >= 11 is 0. The molecule has 37 heavy (non-hydrogen) atoms. The number of amides is 1. The summed E-state index contributed by atoms with van der Waals surface area (Å²) in [6.45, 7) is 0. The predicted octanol–water partition coefficient (Wildman–Crippen LogP) is 4.13. The molecule has 1 N–H and O–H groups in total. The van der Waals surface area contributed by atoms with E-state index in [4.69, 9.17) is 18.9 Å². The third kappa shape index (κ3) is 4.47. The first-order valence-corrected chi connectivity index (χ1v) is 11.2. The van der Waals surface area contributed by atoms with Crippen molar-refractivity contribution in [1.82, 2.24) is 0 Å². The quantitative estimate of drug-likeness (QED) is 0.222. The number of carbonyl (C=O) groups is 3. The second-order valence-electron chi connectivity index (χ2n) is 8.02. The highest BCUT2D eigenvalue weighted by Gasteiger charge is 2.48. The van der Waals surface area contributed by atoms with Gasteiger partial charge in [0.25, 0.3) is 11.7 Å². The molecule has 9 heteroatoms. The standard InChI is InChI=1S/C28H25NO8/c1-34-18-12-13-20(22(15-18)36-3)25(30)23-24(19-10-5-6-11-21(19)35-2)29(27(32)26(23)31)17-9-7-8-16(14-17)28(33)37-4/h5-15,24,30H,1-4H3/b25-23+. The van der Waals surface area contributed by atoms with Crippen molar-refractivity contribution in [2.45, 2.75) is 6.04 Å². The minimum Gasteiger partial charge on any atom is -0.507 e. The van der Waals surface area contributed by atoms with E-state index in [1.54, 1.807) is 48.5 Å². The molecule has 3 aromatic carbocycles. The molecule has 1 unspecified atom stereocenters. The summed E-state index contributed by atoms with van der Waals surface area (Å²) in [6, 6.07) is 16.7. The lowest BCUT2D eigenvalue weighted by molar-refractivity contribution is -0.132. The fraction of sp³-hybridized carbons (Fsp3) is 0.179. The third-order valence-corrected chi connectivity index (χ3v) is 6.09. The maximum atomic E-state index is 13.5. The normalized spacial score (nSPS) is 16.4. The topological polar surface area (TPSA) is 112 Å². The van der Waals surface area contributed by atoms with E-state index in [0.29, 0.717) is 17.1 Å². The Morgan fingerprint density at radius 3 is 2.24 bits per heavy atom. The van der Waals surface area contributed by atoms with Crippen LogP contribution >= 0.6 is 0 Å². The summed E-state index contributed by atoms with van der Waals surface area (Å²) in [6.07, 6.45) is 0. The summed E-state index contributed by atoms with van der Waals surface area (Å²) in [7, 11) is 5.62.